The first kappa shape index (κ1) is 14.1. The first-order valence-electron chi connectivity index (χ1n) is 6.34. The van der Waals surface area contributed by atoms with Gasteiger partial charge in [-0.05, 0) is 23.3 Å². The summed E-state index contributed by atoms with van der Waals surface area (Å²) in [6.07, 6.45) is 2.98. The number of nitrogens with zero attached hydrogens (tertiary/aromatic N) is 7. The molecule has 2 unspecified atom stereocenters. The number of tetrazole rings is 1. The summed E-state index contributed by atoms with van der Waals surface area (Å²) in [5.74, 6) is -0.217. The van der Waals surface area contributed by atoms with E-state index in [0.29, 0.717) is 5.82 Å². The Bertz CT molecular complexity index is 563. The van der Waals surface area contributed by atoms with Gasteiger partial charge in [-0.1, -0.05) is 13.8 Å². The third kappa shape index (κ3) is 2.81. The van der Waals surface area contributed by atoms with Crippen LogP contribution in [0.5, 0.6) is 0 Å². The first-order valence-corrected chi connectivity index (χ1v) is 6.34. The van der Waals surface area contributed by atoms with Crippen molar-refractivity contribution in [1.29, 1.82) is 0 Å². The molecule has 0 bridgehead atoms. The molecule has 0 spiro atoms. The van der Waals surface area contributed by atoms with Gasteiger partial charge in [-0.25, -0.2) is 14.3 Å². The maximum Gasteiger partial charge on any atom is 0.305 e. The predicted octanol–water partition coefficient (Wildman–Crippen LogP) is 0.546. The van der Waals surface area contributed by atoms with Crippen molar-refractivity contribution < 1.29 is 9.90 Å². The van der Waals surface area contributed by atoms with E-state index in [9.17, 15) is 4.79 Å². The molecule has 9 heteroatoms. The van der Waals surface area contributed by atoms with Gasteiger partial charge in [0.2, 0.25) is 0 Å². The maximum atomic E-state index is 11.0. The predicted molar refractivity (Wildman–Crippen MR) is 67.8 cm³/mol. The molecule has 2 rings (SSSR count). The first-order chi connectivity index (χ1) is 9.50. The average molecular weight is 279 g/mol. The molecule has 0 fully saturated rings. The summed E-state index contributed by atoms with van der Waals surface area (Å²) in [7, 11) is 0. The van der Waals surface area contributed by atoms with Crippen molar-refractivity contribution >= 4 is 5.97 Å². The summed E-state index contributed by atoms with van der Waals surface area (Å²) in [6, 6.07) is -0.522. The highest BCUT2D eigenvalue weighted by Gasteiger charge is 2.26. The smallest absolute Gasteiger partial charge is 0.305 e. The standard InChI is InChI=1S/C11H17N7O2/c1-7(2)9(4-10(19)20)18-11(14-15-16-18)8(3)17-6-12-5-13-17/h5-9H,4H2,1-3H3,(H,19,20). The van der Waals surface area contributed by atoms with Crippen molar-refractivity contribution in [3.05, 3.63) is 18.5 Å². The summed E-state index contributed by atoms with van der Waals surface area (Å²) in [4.78, 5) is 14.9. The number of rotatable bonds is 6. The van der Waals surface area contributed by atoms with E-state index in [4.69, 9.17) is 5.11 Å². The number of aromatic nitrogens is 7. The fourth-order valence-corrected chi connectivity index (χ4v) is 2.03. The van der Waals surface area contributed by atoms with Gasteiger partial charge in [-0.3, -0.25) is 4.79 Å². The van der Waals surface area contributed by atoms with E-state index in [2.05, 4.69) is 25.6 Å². The number of carbonyl (C=O) groups is 1. The Morgan fingerprint density at radius 3 is 2.70 bits per heavy atom. The topological polar surface area (TPSA) is 112 Å². The lowest BCUT2D eigenvalue weighted by Crippen LogP contribution is -2.24. The summed E-state index contributed by atoms with van der Waals surface area (Å²) < 4.78 is 3.20. The highest BCUT2D eigenvalue weighted by atomic mass is 16.4. The minimum Gasteiger partial charge on any atom is -0.481 e. The average Bonchev–Trinajstić information content (AvgIpc) is 3.05. The molecule has 0 aliphatic carbocycles. The molecule has 0 radical (unpaired) electrons. The van der Waals surface area contributed by atoms with E-state index in [1.165, 1.54) is 6.33 Å². The molecule has 0 amide bonds. The number of hydrogen-bond donors (Lipinski definition) is 1. The van der Waals surface area contributed by atoms with Crippen LogP contribution in [-0.2, 0) is 4.79 Å². The van der Waals surface area contributed by atoms with Crippen molar-refractivity contribution in [3.8, 4) is 0 Å². The highest BCUT2D eigenvalue weighted by Crippen LogP contribution is 2.24. The molecule has 0 aromatic carbocycles. The van der Waals surface area contributed by atoms with Gasteiger partial charge in [0.05, 0.1) is 12.5 Å². The second-order valence-electron chi connectivity index (χ2n) is 4.94. The van der Waals surface area contributed by atoms with Gasteiger partial charge >= 0.3 is 5.97 Å². The Morgan fingerprint density at radius 2 is 2.15 bits per heavy atom. The molecule has 2 heterocycles. The molecule has 0 saturated carbocycles. The minimum absolute atomic E-state index is 0.0280. The van der Waals surface area contributed by atoms with E-state index < -0.39 is 5.97 Å². The van der Waals surface area contributed by atoms with E-state index in [1.54, 1.807) is 15.7 Å². The van der Waals surface area contributed by atoms with Gasteiger partial charge < -0.3 is 5.11 Å². The van der Waals surface area contributed by atoms with Crippen molar-refractivity contribution in [1.82, 2.24) is 35.0 Å². The fraction of sp³-hybridized carbons (Fsp3) is 0.636. The molecule has 0 saturated heterocycles. The van der Waals surface area contributed by atoms with Crippen LogP contribution < -0.4 is 0 Å². The molecule has 20 heavy (non-hydrogen) atoms. The maximum absolute atomic E-state index is 11.0. The largest absolute Gasteiger partial charge is 0.481 e. The molecule has 2 atom stereocenters. The van der Waals surface area contributed by atoms with Crippen LogP contribution in [0.15, 0.2) is 12.7 Å². The molecule has 0 aliphatic heterocycles. The van der Waals surface area contributed by atoms with Gasteiger partial charge in [-0.15, -0.1) is 5.10 Å². The van der Waals surface area contributed by atoms with Crippen LogP contribution in [0.1, 0.15) is 45.1 Å². The van der Waals surface area contributed by atoms with Crippen LogP contribution in [0.2, 0.25) is 0 Å². The lowest BCUT2D eigenvalue weighted by Gasteiger charge is -2.21. The molecule has 108 valence electrons. The number of carboxylic acid groups (broad SMARTS) is 1. The van der Waals surface area contributed by atoms with Gasteiger partial charge in [-0.2, -0.15) is 5.10 Å². The van der Waals surface area contributed by atoms with Crippen LogP contribution in [0.4, 0.5) is 0 Å². The van der Waals surface area contributed by atoms with Crippen molar-refractivity contribution in [2.45, 2.75) is 39.3 Å². The Kier molecular flexibility index (Phi) is 4.06. The number of hydrogen-bond acceptors (Lipinski definition) is 6. The molecule has 0 aliphatic rings. The van der Waals surface area contributed by atoms with E-state index in [0.717, 1.165) is 0 Å². The zero-order valence-electron chi connectivity index (χ0n) is 11.6. The summed E-state index contributed by atoms with van der Waals surface area (Å²) in [5, 5.41) is 24.7. The van der Waals surface area contributed by atoms with Gasteiger partial charge in [0, 0.05) is 0 Å². The van der Waals surface area contributed by atoms with Crippen LogP contribution in [0, 0.1) is 5.92 Å². The third-order valence-electron chi connectivity index (χ3n) is 3.19. The van der Waals surface area contributed by atoms with E-state index in [-0.39, 0.29) is 24.4 Å². The Balaban J connectivity index is 2.33. The molecular formula is C11H17N7O2. The van der Waals surface area contributed by atoms with Crippen LogP contribution in [0.3, 0.4) is 0 Å². The van der Waals surface area contributed by atoms with Gasteiger partial charge in [0.25, 0.3) is 0 Å². The van der Waals surface area contributed by atoms with Gasteiger partial charge in [0.1, 0.15) is 18.7 Å². The summed E-state index contributed by atoms with van der Waals surface area (Å²) in [6.45, 7) is 5.77. The highest BCUT2D eigenvalue weighted by molar-refractivity contribution is 5.67. The second-order valence-corrected chi connectivity index (χ2v) is 4.94. The van der Waals surface area contributed by atoms with Crippen molar-refractivity contribution in [3.63, 3.8) is 0 Å². The summed E-state index contributed by atoms with van der Waals surface area (Å²) in [5.41, 5.74) is 0. The molecular weight excluding hydrogens is 262 g/mol. The lowest BCUT2D eigenvalue weighted by atomic mass is 10.0. The number of carboxylic acids is 1. The van der Waals surface area contributed by atoms with Gasteiger partial charge in [0.15, 0.2) is 5.82 Å². The Labute approximate surface area is 115 Å². The quantitative estimate of drug-likeness (QED) is 0.821. The monoisotopic (exact) mass is 279 g/mol. The van der Waals surface area contributed by atoms with E-state index >= 15 is 0 Å². The second kappa shape index (κ2) is 5.76. The molecule has 2 aromatic rings. The molecule has 9 nitrogen and oxygen atoms in total. The normalized spacial score (nSPS) is 14.4. The summed E-state index contributed by atoms with van der Waals surface area (Å²) >= 11 is 0. The zero-order chi connectivity index (χ0) is 14.7. The van der Waals surface area contributed by atoms with Crippen LogP contribution in [0.25, 0.3) is 0 Å². The van der Waals surface area contributed by atoms with Crippen molar-refractivity contribution in [2.24, 2.45) is 5.92 Å². The van der Waals surface area contributed by atoms with Crippen LogP contribution in [-0.4, -0.2) is 46.0 Å². The van der Waals surface area contributed by atoms with E-state index in [1.807, 2.05) is 20.8 Å². The van der Waals surface area contributed by atoms with Crippen LogP contribution >= 0.6 is 0 Å². The lowest BCUT2D eigenvalue weighted by molar-refractivity contribution is -0.138. The minimum atomic E-state index is -0.876. The third-order valence-corrected chi connectivity index (χ3v) is 3.19. The SMILES string of the molecule is CC(C)C(CC(=O)O)n1nnnc1C(C)n1cncn1. The van der Waals surface area contributed by atoms with Crippen molar-refractivity contribution in [2.75, 3.05) is 0 Å². The Morgan fingerprint density at radius 1 is 1.40 bits per heavy atom. The Hall–Kier alpha value is -2.32. The number of aliphatic carboxylic acids is 1. The fourth-order valence-electron chi connectivity index (χ4n) is 2.03. The molecule has 2 aromatic heterocycles. The molecule has 1 N–H and O–H groups in total. The zero-order valence-corrected chi connectivity index (χ0v) is 11.6.